The number of alkyl halides is 3. The van der Waals surface area contributed by atoms with Gasteiger partial charge in [-0.05, 0) is 17.7 Å². The third-order valence-electron chi connectivity index (χ3n) is 2.60. The highest BCUT2D eigenvalue weighted by Crippen LogP contribution is 2.32. The predicted molar refractivity (Wildman–Crippen MR) is 64.1 cm³/mol. The zero-order chi connectivity index (χ0) is 14.3. The van der Waals surface area contributed by atoms with Gasteiger partial charge >= 0.3 is 6.18 Å². The van der Waals surface area contributed by atoms with Gasteiger partial charge in [-0.3, -0.25) is 0 Å². The molecule has 1 aromatic carbocycles. The second kappa shape index (κ2) is 5.76. The molecule has 3 rings (SSSR count). The number of hydrogen-bond donors (Lipinski definition) is 0. The van der Waals surface area contributed by atoms with Gasteiger partial charge in [0.1, 0.15) is 5.82 Å². The molecule has 1 aliphatic rings. The molecule has 0 radical (unpaired) electrons. The van der Waals surface area contributed by atoms with Crippen molar-refractivity contribution in [3.05, 3.63) is 41.5 Å². The number of halogens is 5. The summed E-state index contributed by atoms with van der Waals surface area (Å²) in [6.07, 6.45) is -4.62. The molecule has 10 heteroatoms. The summed E-state index contributed by atoms with van der Waals surface area (Å²) < 4.78 is 51.7. The van der Waals surface area contributed by atoms with Crippen LogP contribution in [0.2, 0.25) is 0 Å². The van der Waals surface area contributed by atoms with Crippen molar-refractivity contribution in [1.82, 2.24) is 14.9 Å². The normalized spacial score (nSPS) is 14.2. The van der Waals surface area contributed by atoms with Crippen LogP contribution in [0, 0.1) is 5.82 Å². The fourth-order valence-corrected chi connectivity index (χ4v) is 2.53. The van der Waals surface area contributed by atoms with Crippen LogP contribution in [-0.2, 0) is 6.18 Å². The van der Waals surface area contributed by atoms with E-state index in [9.17, 15) is 17.6 Å². The van der Waals surface area contributed by atoms with E-state index in [1.54, 1.807) is 0 Å². The van der Waals surface area contributed by atoms with Gasteiger partial charge in [-0.15, -0.1) is 10.2 Å². The van der Waals surface area contributed by atoms with E-state index in [2.05, 4.69) is 15.3 Å². The molecule has 0 N–H and O–H groups in total. The van der Waals surface area contributed by atoms with Crippen molar-refractivity contribution in [3.8, 4) is 0 Å². The number of nitrogens with zero attached hydrogens (tertiary/aromatic N) is 4. The average molecular weight is 382 g/mol. The van der Waals surface area contributed by atoms with Crippen molar-refractivity contribution in [3.63, 3.8) is 0 Å². The van der Waals surface area contributed by atoms with Crippen LogP contribution >= 0.6 is 11.8 Å². The third-order valence-corrected chi connectivity index (χ3v) is 3.53. The summed E-state index contributed by atoms with van der Waals surface area (Å²) in [5, 5.41) is 10.6. The number of benzene rings is 1. The maximum Gasteiger partial charge on any atom is 0.453 e. The number of thioether (sulfide) groups is 1. The molecule has 2 heterocycles. The predicted octanol–water partition coefficient (Wildman–Crippen LogP) is -0.202. The molecule has 0 saturated carbocycles. The van der Waals surface area contributed by atoms with Gasteiger partial charge in [-0.25, -0.2) is 4.39 Å². The fraction of sp³-hybridized carbons (Fsp3) is 0.182. The second-order valence-corrected chi connectivity index (χ2v) is 4.90. The van der Waals surface area contributed by atoms with Crippen LogP contribution in [0.3, 0.4) is 0 Å². The van der Waals surface area contributed by atoms with E-state index in [0.717, 1.165) is 11.8 Å². The fourth-order valence-electron chi connectivity index (χ4n) is 1.69. The average Bonchev–Trinajstić information content (AvgIpc) is 2.82. The largest absolute Gasteiger partial charge is 1.00 e. The molecule has 0 aliphatic carbocycles. The standard InChI is InChI=1S/C11H6F4N4S.BrH/c12-7-3-1-6(2-4-7)8-5-20-10-17-16-9(11(13,14)15)19(10)18-8;/h1-4H,5H2;1H/p-1. The van der Waals surface area contributed by atoms with Crippen LogP contribution in [0.15, 0.2) is 34.5 Å². The van der Waals surface area contributed by atoms with Gasteiger partial charge in [0.15, 0.2) is 0 Å². The Bertz CT molecular complexity index is 681. The van der Waals surface area contributed by atoms with Crippen molar-refractivity contribution >= 4 is 17.5 Å². The van der Waals surface area contributed by atoms with E-state index in [1.165, 1.54) is 24.3 Å². The molecular weight excluding hydrogens is 376 g/mol. The van der Waals surface area contributed by atoms with Gasteiger partial charge in [-0.2, -0.15) is 22.9 Å². The van der Waals surface area contributed by atoms with E-state index in [4.69, 9.17) is 0 Å². The van der Waals surface area contributed by atoms with E-state index < -0.39 is 17.8 Å². The maximum atomic E-state index is 12.8. The Balaban J connectivity index is 0.00000161. The van der Waals surface area contributed by atoms with Crippen LogP contribution < -0.4 is 17.0 Å². The molecule has 21 heavy (non-hydrogen) atoms. The number of hydrogen-bond acceptors (Lipinski definition) is 4. The SMILES string of the molecule is Fc1ccc(C2=Nn3c(nnc3C(F)(F)F)SC2)cc1.[Br-]. The van der Waals surface area contributed by atoms with E-state index >= 15 is 0 Å². The van der Waals surface area contributed by atoms with Gasteiger partial charge in [0.05, 0.1) is 5.71 Å². The Morgan fingerprint density at radius 2 is 1.76 bits per heavy atom. The van der Waals surface area contributed by atoms with Crippen molar-refractivity contribution in [2.45, 2.75) is 11.3 Å². The zero-order valence-corrected chi connectivity index (χ0v) is 12.5. The molecule has 0 spiro atoms. The van der Waals surface area contributed by atoms with E-state index in [-0.39, 0.29) is 22.1 Å². The quantitative estimate of drug-likeness (QED) is 0.642. The minimum absolute atomic E-state index is 0. The first-order valence-electron chi connectivity index (χ1n) is 5.44. The molecule has 0 bridgehead atoms. The summed E-state index contributed by atoms with van der Waals surface area (Å²) in [7, 11) is 0. The van der Waals surface area contributed by atoms with E-state index in [1.807, 2.05) is 0 Å². The molecule has 0 amide bonds. The first kappa shape index (κ1) is 16.0. The molecular formula is C11H6BrF4N4S-. The Morgan fingerprint density at radius 1 is 1.10 bits per heavy atom. The molecule has 112 valence electrons. The minimum atomic E-state index is -4.62. The highest BCUT2D eigenvalue weighted by atomic mass is 79.9. The van der Waals surface area contributed by atoms with Crippen LogP contribution in [-0.4, -0.2) is 26.3 Å². The summed E-state index contributed by atoms with van der Waals surface area (Å²) in [6.45, 7) is 0. The van der Waals surface area contributed by atoms with Crippen molar-refractivity contribution < 1.29 is 34.5 Å². The summed E-state index contributed by atoms with van der Waals surface area (Å²) >= 11 is 1.10. The number of fused-ring (bicyclic) bond motifs is 1. The summed E-state index contributed by atoms with van der Waals surface area (Å²) in [6, 6.07) is 5.40. The van der Waals surface area contributed by atoms with Gasteiger partial charge in [0.25, 0.3) is 5.82 Å². The Hall–Kier alpha value is -1.42. The lowest BCUT2D eigenvalue weighted by Crippen LogP contribution is -3.00. The van der Waals surface area contributed by atoms with Crippen LogP contribution in [0.25, 0.3) is 0 Å². The summed E-state index contributed by atoms with van der Waals surface area (Å²) in [5.74, 6) is -1.24. The molecule has 1 aromatic heterocycles. The van der Waals surface area contributed by atoms with Gasteiger partial charge in [0.2, 0.25) is 5.16 Å². The number of rotatable bonds is 1. The first-order valence-corrected chi connectivity index (χ1v) is 6.43. The zero-order valence-electron chi connectivity index (χ0n) is 10.1. The highest BCUT2D eigenvalue weighted by molar-refractivity contribution is 7.99. The van der Waals surface area contributed by atoms with Crippen molar-refractivity contribution in [2.24, 2.45) is 5.10 Å². The van der Waals surface area contributed by atoms with E-state index in [0.29, 0.717) is 21.7 Å². The molecule has 4 nitrogen and oxygen atoms in total. The maximum absolute atomic E-state index is 12.8. The highest BCUT2D eigenvalue weighted by Gasteiger charge is 2.39. The monoisotopic (exact) mass is 381 g/mol. The van der Waals surface area contributed by atoms with Crippen molar-refractivity contribution in [2.75, 3.05) is 5.75 Å². The summed E-state index contributed by atoms with van der Waals surface area (Å²) in [5.41, 5.74) is 0.971. The lowest BCUT2D eigenvalue weighted by atomic mass is 10.1. The third kappa shape index (κ3) is 3.10. The summed E-state index contributed by atoms with van der Waals surface area (Å²) in [4.78, 5) is 0. The van der Waals surface area contributed by atoms with Crippen LogP contribution in [0.5, 0.6) is 0 Å². The Morgan fingerprint density at radius 3 is 2.38 bits per heavy atom. The lowest BCUT2D eigenvalue weighted by molar-refractivity contribution is -0.147. The van der Waals surface area contributed by atoms with Gasteiger partial charge in [-0.1, -0.05) is 23.9 Å². The lowest BCUT2D eigenvalue weighted by Gasteiger charge is -2.14. The molecule has 0 fully saturated rings. The van der Waals surface area contributed by atoms with Gasteiger partial charge < -0.3 is 17.0 Å². The topological polar surface area (TPSA) is 43.1 Å². The van der Waals surface area contributed by atoms with Crippen molar-refractivity contribution in [1.29, 1.82) is 0 Å². The van der Waals surface area contributed by atoms with Crippen LogP contribution in [0.4, 0.5) is 17.6 Å². The Labute approximate surface area is 131 Å². The number of aromatic nitrogens is 3. The smallest absolute Gasteiger partial charge is 0.453 e. The van der Waals surface area contributed by atoms with Gasteiger partial charge in [0, 0.05) is 5.75 Å². The first-order chi connectivity index (χ1) is 9.45. The van der Waals surface area contributed by atoms with Crippen LogP contribution in [0.1, 0.15) is 11.4 Å². The molecule has 0 saturated heterocycles. The second-order valence-electron chi connectivity index (χ2n) is 3.96. The molecule has 1 aliphatic heterocycles. The molecule has 2 aromatic rings. The Kier molecular flexibility index (Phi) is 4.38. The minimum Gasteiger partial charge on any atom is -1.00 e. The molecule has 0 unspecified atom stereocenters. The molecule has 0 atom stereocenters.